The summed E-state index contributed by atoms with van der Waals surface area (Å²) < 4.78 is 0. The lowest BCUT2D eigenvalue weighted by Crippen LogP contribution is -2.12. The van der Waals surface area contributed by atoms with Gasteiger partial charge in [-0.2, -0.15) is 5.32 Å². The van der Waals surface area contributed by atoms with Crippen LogP contribution in [0.2, 0.25) is 0 Å². The maximum Gasteiger partial charge on any atom is 0.280 e. The van der Waals surface area contributed by atoms with Crippen molar-refractivity contribution in [2.75, 3.05) is 0 Å². The molecule has 0 saturated heterocycles. The zero-order valence-electron chi connectivity index (χ0n) is 3.46. The van der Waals surface area contributed by atoms with Gasteiger partial charge in [0.05, 0.1) is 6.08 Å². The number of nitrogens with zero attached hydrogens (tertiary/aromatic N) is 2. The molecule has 3 heteroatoms. The summed E-state index contributed by atoms with van der Waals surface area (Å²) in [6.45, 7) is 0. The quantitative estimate of drug-likeness (QED) is 0.398. The fourth-order valence-corrected chi connectivity index (χ4v) is 0.249. The predicted octanol–water partition coefficient (Wildman–Crippen LogP) is -0.524. The van der Waals surface area contributed by atoms with Crippen molar-refractivity contribution in [3.63, 3.8) is 0 Å². The van der Waals surface area contributed by atoms with Crippen molar-refractivity contribution in [2.24, 2.45) is 4.99 Å². The van der Waals surface area contributed by atoms with Gasteiger partial charge in [-0.3, -0.25) is 4.79 Å². The Balaban J connectivity index is 2.66. The summed E-state index contributed by atoms with van der Waals surface area (Å²) in [7, 11) is 0. The van der Waals surface area contributed by atoms with E-state index in [1.54, 1.807) is 0 Å². The lowest BCUT2D eigenvalue weighted by Gasteiger charge is -1.87. The molecule has 0 fully saturated rings. The SMILES string of the molecule is O=C1[C]=CN=C[N]1. The van der Waals surface area contributed by atoms with E-state index in [0.29, 0.717) is 0 Å². The third kappa shape index (κ3) is 0.855. The Hall–Kier alpha value is -1.12. The molecule has 1 aliphatic heterocycles. The number of carbonyl (C=O) groups is 1. The Morgan fingerprint density at radius 3 is 2.86 bits per heavy atom. The van der Waals surface area contributed by atoms with Gasteiger partial charge in [-0.1, -0.05) is 0 Å². The lowest BCUT2D eigenvalue weighted by molar-refractivity contribution is -0.116. The van der Waals surface area contributed by atoms with E-state index in [2.05, 4.69) is 16.4 Å². The van der Waals surface area contributed by atoms with E-state index in [9.17, 15) is 4.79 Å². The number of amides is 1. The molecule has 2 radical (unpaired) electrons. The smallest absolute Gasteiger partial charge is 0.267 e. The first-order valence-electron chi connectivity index (χ1n) is 1.74. The number of hydrogen-bond acceptors (Lipinski definition) is 2. The third-order valence-corrected chi connectivity index (χ3v) is 0.504. The minimum atomic E-state index is -0.366. The van der Waals surface area contributed by atoms with E-state index in [0.717, 1.165) is 0 Å². The lowest BCUT2D eigenvalue weighted by atomic mass is 10.5. The van der Waals surface area contributed by atoms with Crippen LogP contribution in [0, 0.1) is 6.08 Å². The Morgan fingerprint density at radius 2 is 2.57 bits per heavy atom. The highest BCUT2D eigenvalue weighted by Gasteiger charge is 1.95. The predicted molar refractivity (Wildman–Crippen MR) is 23.4 cm³/mol. The van der Waals surface area contributed by atoms with Gasteiger partial charge in [0.2, 0.25) is 0 Å². The summed E-state index contributed by atoms with van der Waals surface area (Å²) in [4.78, 5) is 13.5. The molecule has 7 heavy (non-hydrogen) atoms. The molecule has 0 atom stereocenters. The van der Waals surface area contributed by atoms with Crippen LogP contribution in [0.1, 0.15) is 0 Å². The summed E-state index contributed by atoms with van der Waals surface area (Å²) in [5.41, 5.74) is 0. The van der Waals surface area contributed by atoms with E-state index in [-0.39, 0.29) is 5.91 Å². The molecule has 1 heterocycles. The molecule has 0 aromatic carbocycles. The van der Waals surface area contributed by atoms with Crippen LogP contribution in [-0.2, 0) is 4.79 Å². The molecule has 0 spiro atoms. The molecule has 0 unspecified atom stereocenters. The highest BCUT2D eigenvalue weighted by molar-refractivity contribution is 5.93. The van der Waals surface area contributed by atoms with Gasteiger partial charge in [0, 0.05) is 6.20 Å². The summed E-state index contributed by atoms with van der Waals surface area (Å²) in [5, 5.41) is 3.26. The Morgan fingerprint density at radius 1 is 1.71 bits per heavy atom. The highest BCUT2D eigenvalue weighted by Crippen LogP contribution is 1.78. The summed E-state index contributed by atoms with van der Waals surface area (Å²) >= 11 is 0. The standard InChI is InChI=1S/C4H2N2O/c7-4-1-2-5-3-6-4/h2-3H. The average Bonchev–Trinajstić information content (AvgIpc) is 1.69. The monoisotopic (exact) mass is 94.0 g/mol. The molecule has 0 bridgehead atoms. The van der Waals surface area contributed by atoms with Gasteiger partial charge in [0.1, 0.15) is 6.34 Å². The van der Waals surface area contributed by atoms with Crippen LogP contribution in [0.25, 0.3) is 0 Å². The fraction of sp³-hybridized carbons (Fsp3) is 0. The van der Waals surface area contributed by atoms with Gasteiger partial charge in [0.15, 0.2) is 0 Å². The maximum absolute atomic E-state index is 10.1. The summed E-state index contributed by atoms with van der Waals surface area (Å²) in [6.07, 6.45) is 4.73. The van der Waals surface area contributed by atoms with Crippen molar-refractivity contribution in [2.45, 2.75) is 0 Å². The topological polar surface area (TPSA) is 43.5 Å². The van der Waals surface area contributed by atoms with E-state index >= 15 is 0 Å². The molecular weight excluding hydrogens is 92.1 g/mol. The van der Waals surface area contributed by atoms with Crippen LogP contribution in [0.3, 0.4) is 0 Å². The van der Waals surface area contributed by atoms with Gasteiger partial charge in [-0.15, -0.1) is 0 Å². The molecule has 0 aliphatic carbocycles. The van der Waals surface area contributed by atoms with Crippen LogP contribution in [0.5, 0.6) is 0 Å². The second-order valence-electron chi connectivity index (χ2n) is 0.972. The summed E-state index contributed by atoms with van der Waals surface area (Å²) in [6, 6.07) is 0. The van der Waals surface area contributed by atoms with Crippen LogP contribution < -0.4 is 5.32 Å². The van der Waals surface area contributed by atoms with Crippen molar-refractivity contribution in [3.05, 3.63) is 12.3 Å². The fourth-order valence-electron chi connectivity index (χ4n) is 0.249. The molecule has 1 amide bonds. The minimum absolute atomic E-state index is 0.366. The maximum atomic E-state index is 10.1. The number of carbonyl (C=O) groups excluding carboxylic acids is 1. The Labute approximate surface area is 40.7 Å². The number of hydrogen-bond donors (Lipinski definition) is 0. The van der Waals surface area contributed by atoms with Gasteiger partial charge in [-0.25, -0.2) is 4.99 Å². The molecule has 34 valence electrons. The zero-order chi connectivity index (χ0) is 5.11. The molecule has 0 aromatic heterocycles. The van der Waals surface area contributed by atoms with Gasteiger partial charge >= 0.3 is 0 Å². The third-order valence-electron chi connectivity index (χ3n) is 0.504. The van der Waals surface area contributed by atoms with Crippen molar-refractivity contribution >= 4 is 12.2 Å². The van der Waals surface area contributed by atoms with Crippen molar-refractivity contribution in [1.82, 2.24) is 5.32 Å². The molecule has 0 saturated carbocycles. The normalized spacial score (nSPS) is 16.9. The molecule has 1 aliphatic rings. The Bertz CT molecular complexity index is 137. The van der Waals surface area contributed by atoms with E-state index < -0.39 is 0 Å². The van der Waals surface area contributed by atoms with Crippen LogP contribution in [0.15, 0.2) is 11.2 Å². The second kappa shape index (κ2) is 1.55. The zero-order valence-corrected chi connectivity index (χ0v) is 3.46. The number of rotatable bonds is 0. The highest BCUT2D eigenvalue weighted by atomic mass is 16.1. The van der Waals surface area contributed by atoms with Gasteiger partial charge in [0.25, 0.3) is 5.91 Å². The van der Waals surface area contributed by atoms with Crippen LogP contribution in [0.4, 0.5) is 0 Å². The van der Waals surface area contributed by atoms with Crippen LogP contribution in [-0.4, -0.2) is 12.2 Å². The Kier molecular flexibility index (Phi) is 0.898. The van der Waals surface area contributed by atoms with Crippen molar-refractivity contribution < 1.29 is 4.79 Å². The molecular formula is C4H2N2O. The van der Waals surface area contributed by atoms with Crippen molar-refractivity contribution in [3.8, 4) is 0 Å². The van der Waals surface area contributed by atoms with E-state index in [1.807, 2.05) is 0 Å². The molecule has 3 nitrogen and oxygen atoms in total. The summed E-state index contributed by atoms with van der Waals surface area (Å²) in [5.74, 6) is -0.366. The number of aliphatic imine (C=N–C) groups is 1. The van der Waals surface area contributed by atoms with Crippen molar-refractivity contribution in [1.29, 1.82) is 0 Å². The van der Waals surface area contributed by atoms with E-state index in [1.165, 1.54) is 12.5 Å². The minimum Gasteiger partial charge on any atom is -0.267 e. The molecule has 0 aromatic rings. The van der Waals surface area contributed by atoms with Gasteiger partial charge in [-0.05, 0) is 0 Å². The largest absolute Gasteiger partial charge is 0.280 e. The first-order valence-corrected chi connectivity index (χ1v) is 1.74. The van der Waals surface area contributed by atoms with Gasteiger partial charge < -0.3 is 0 Å². The second-order valence-corrected chi connectivity index (χ2v) is 0.972. The van der Waals surface area contributed by atoms with Crippen LogP contribution >= 0.6 is 0 Å². The molecule has 0 N–H and O–H groups in total. The van der Waals surface area contributed by atoms with E-state index in [4.69, 9.17) is 0 Å². The average molecular weight is 94.1 g/mol. The first kappa shape index (κ1) is 4.05. The molecule has 1 rings (SSSR count). The first-order chi connectivity index (χ1) is 3.39.